The monoisotopic (exact) mass is 348 g/mol. The molecule has 3 aromatic rings. The van der Waals surface area contributed by atoms with Crippen LogP contribution in [0.4, 0.5) is 10.1 Å². The highest BCUT2D eigenvalue weighted by molar-refractivity contribution is 7.71. The van der Waals surface area contributed by atoms with E-state index in [0.717, 1.165) is 10.7 Å². The van der Waals surface area contributed by atoms with Gasteiger partial charge in [0.05, 0.1) is 4.88 Å². The number of carbonyl (C=O) groups excluding carboxylic acids is 1. The van der Waals surface area contributed by atoms with Crippen LogP contribution in [0.25, 0.3) is 10.7 Å². The summed E-state index contributed by atoms with van der Waals surface area (Å²) >= 11 is 6.78. The molecule has 0 aliphatic carbocycles. The number of thiophene rings is 1. The molecule has 23 heavy (non-hydrogen) atoms. The van der Waals surface area contributed by atoms with E-state index < -0.39 is 0 Å². The quantitative estimate of drug-likeness (QED) is 0.689. The standard InChI is InChI=1S/C15H13FN4OS2/c16-10-3-5-11(6-4-10)17-13(21)7-8-20-14(18-19-15(20)22)12-2-1-9-23-12/h1-6,9H,7-8H2,(H,17,21)(H,19,22). The van der Waals surface area contributed by atoms with E-state index in [9.17, 15) is 9.18 Å². The molecule has 0 aliphatic rings. The average molecular weight is 348 g/mol. The van der Waals surface area contributed by atoms with Crippen LogP contribution in [-0.4, -0.2) is 20.7 Å². The first-order chi connectivity index (χ1) is 11.1. The molecule has 0 saturated carbocycles. The number of nitrogens with one attached hydrogen (secondary N) is 2. The minimum absolute atomic E-state index is 0.170. The van der Waals surface area contributed by atoms with Gasteiger partial charge in [0.2, 0.25) is 5.91 Å². The molecule has 0 bridgehead atoms. The van der Waals surface area contributed by atoms with E-state index >= 15 is 0 Å². The van der Waals surface area contributed by atoms with E-state index in [4.69, 9.17) is 12.2 Å². The molecule has 3 rings (SSSR count). The number of rotatable bonds is 5. The second-order valence-electron chi connectivity index (χ2n) is 4.79. The largest absolute Gasteiger partial charge is 0.326 e. The van der Waals surface area contributed by atoms with Gasteiger partial charge in [-0.15, -0.1) is 11.3 Å². The third-order valence-electron chi connectivity index (χ3n) is 3.19. The molecule has 118 valence electrons. The summed E-state index contributed by atoms with van der Waals surface area (Å²) in [6.07, 6.45) is 0.240. The second kappa shape index (κ2) is 6.84. The molecule has 0 fully saturated rings. The van der Waals surface area contributed by atoms with Crippen molar-refractivity contribution in [1.82, 2.24) is 14.8 Å². The van der Waals surface area contributed by atoms with Crippen LogP contribution in [0.3, 0.4) is 0 Å². The zero-order valence-corrected chi connectivity index (χ0v) is 13.6. The fourth-order valence-electron chi connectivity index (χ4n) is 2.09. The zero-order chi connectivity index (χ0) is 16.2. The van der Waals surface area contributed by atoms with Gasteiger partial charge < -0.3 is 5.32 Å². The number of benzene rings is 1. The molecule has 0 aliphatic heterocycles. The van der Waals surface area contributed by atoms with Gasteiger partial charge in [0.1, 0.15) is 5.82 Å². The van der Waals surface area contributed by atoms with Crippen LogP contribution in [0.15, 0.2) is 41.8 Å². The summed E-state index contributed by atoms with van der Waals surface area (Å²) in [6, 6.07) is 9.53. The Balaban J connectivity index is 1.67. The Hall–Kier alpha value is -2.32. The van der Waals surface area contributed by atoms with Crippen molar-refractivity contribution in [1.29, 1.82) is 0 Å². The summed E-state index contributed by atoms with van der Waals surface area (Å²) in [6.45, 7) is 0.412. The van der Waals surface area contributed by atoms with Gasteiger partial charge in [0.25, 0.3) is 0 Å². The van der Waals surface area contributed by atoms with Crippen LogP contribution >= 0.6 is 23.6 Å². The predicted molar refractivity (Wildman–Crippen MR) is 90.4 cm³/mol. The highest BCUT2D eigenvalue weighted by atomic mass is 32.1. The van der Waals surface area contributed by atoms with Crippen molar-refractivity contribution in [2.75, 3.05) is 5.32 Å². The molecule has 2 aromatic heterocycles. The molecule has 0 saturated heterocycles. The molecule has 0 radical (unpaired) electrons. The number of amides is 1. The number of aromatic amines is 1. The van der Waals surface area contributed by atoms with Crippen molar-refractivity contribution in [3.8, 4) is 10.7 Å². The molecular weight excluding hydrogens is 335 g/mol. The molecule has 5 nitrogen and oxygen atoms in total. The Morgan fingerprint density at radius 1 is 1.35 bits per heavy atom. The molecule has 0 atom stereocenters. The van der Waals surface area contributed by atoms with Crippen molar-refractivity contribution >= 4 is 35.1 Å². The zero-order valence-electron chi connectivity index (χ0n) is 12.0. The second-order valence-corrected chi connectivity index (χ2v) is 6.12. The van der Waals surface area contributed by atoms with Gasteiger partial charge in [-0.05, 0) is 47.9 Å². The minimum atomic E-state index is -0.340. The van der Waals surface area contributed by atoms with Crippen molar-refractivity contribution in [2.45, 2.75) is 13.0 Å². The molecule has 0 spiro atoms. The molecule has 8 heteroatoms. The van der Waals surface area contributed by atoms with Crippen molar-refractivity contribution < 1.29 is 9.18 Å². The number of hydrogen-bond donors (Lipinski definition) is 2. The minimum Gasteiger partial charge on any atom is -0.326 e. The number of nitrogens with zero attached hydrogens (tertiary/aromatic N) is 2. The van der Waals surface area contributed by atoms with E-state index in [1.165, 1.54) is 24.3 Å². The predicted octanol–water partition coefficient (Wildman–Crippen LogP) is 3.84. The number of halogens is 1. The lowest BCUT2D eigenvalue weighted by Gasteiger charge is -2.07. The maximum Gasteiger partial charge on any atom is 0.226 e. The summed E-state index contributed by atoms with van der Waals surface area (Å²) in [5.74, 6) is 0.213. The number of H-pyrrole nitrogens is 1. The van der Waals surface area contributed by atoms with Crippen LogP contribution in [-0.2, 0) is 11.3 Å². The van der Waals surface area contributed by atoms with Crippen molar-refractivity contribution in [3.05, 3.63) is 52.4 Å². The normalized spacial score (nSPS) is 10.7. The van der Waals surface area contributed by atoms with Crippen molar-refractivity contribution in [3.63, 3.8) is 0 Å². The summed E-state index contributed by atoms with van der Waals surface area (Å²) in [5, 5.41) is 11.6. The molecule has 2 N–H and O–H groups in total. The molecule has 1 aromatic carbocycles. The van der Waals surface area contributed by atoms with Gasteiger partial charge in [0, 0.05) is 18.7 Å². The Kier molecular flexibility index (Phi) is 4.63. The van der Waals surface area contributed by atoms with Crippen LogP contribution in [0.2, 0.25) is 0 Å². The fraction of sp³-hybridized carbons (Fsp3) is 0.133. The van der Waals surface area contributed by atoms with E-state index in [1.807, 2.05) is 17.5 Å². The first kappa shape index (κ1) is 15.6. The molecule has 1 amide bonds. The van der Waals surface area contributed by atoms with Crippen LogP contribution in [0, 0.1) is 10.6 Å². The van der Waals surface area contributed by atoms with E-state index in [-0.39, 0.29) is 18.1 Å². The summed E-state index contributed by atoms with van der Waals surface area (Å²) < 4.78 is 15.1. The Morgan fingerprint density at radius 3 is 2.83 bits per heavy atom. The number of carbonyl (C=O) groups is 1. The molecular formula is C15H13FN4OS2. The van der Waals surface area contributed by atoms with Gasteiger partial charge >= 0.3 is 0 Å². The smallest absolute Gasteiger partial charge is 0.226 e. The third-order valence-corrected chi connectivity index (χ3v) is 4.37. The SMILES string of the molecule is O=C(CCn1c(-c2cccs2)n[nH]c1=S)Nc1ccc(F)cc1. The highest BCUT2D eigenvalue weighted by Crippen LogP contribution is 2.23. The Bertz CT molecular complexity index is 852. The van der Waals surface area contributed by atoms with Crippen molar-refractivity contribution in [2.24, 2.45) is 0 Å². The maximum absolute atomic E-state index is 12.8. The lowest BCUT2D eigenvalue weighted by Crippen LogP contribution is -2.15. The Morgan fingerprint density at radius 2 is 2.13 bits per heavy atom. The van der Waals surface area contributed by atoms with Crippen LogP contribution in [0.5, 0.6) is 0 Å². The van der Waals surface area contributed by atoms with E-state index in [1.54, 1.807) is 15.9 Å². The summed E-state index contributed by atoms with van der Waals surface area (Å²) in [5.41, 5.74) is 0.561. The van der Waals surface area contributed by atoms with E-state index in [0.29, 0.717) is 17.0 Å². The van der Waals surface area contributed by atoms with Gasteiger partial charge in [-0.3, -0.25) is 14.5 Å². The van der Waals surface area contributed by atoms with Gasteiger partial charge in [-0.1, -0.05) is 6.07 Å². The highest BCUT2D eigenvalue weighted by Gasteiger charge is 2.11. The number of anilines is 1. The van der Waals surface area contributed by atoms with E-state index in [2.05, 4.69) is 15.5 Å². The average Bonchev–Trinajstić information content (AvgIpc) is 3.17. The maximum atomic E-state index is 12.8. The van der Waals surface area contributed by atoms with Crippen LogP contribution in [0.1, 0.15) is 6.42 Å². The Labute approximate surface area is 140 Å². The lowest BCUT2D eigenvalue weighted by molar-refractivity contribution is -0.116. The fourth-order valence-corrected chi connectivity index (χ4v) is 3.03. The van der Waals surface area contributed by atoms with Gasteiger partial charge in [0.15, 0.2) is 10.6 Å². The first-order valence-electron chi connectivity index (χ1n) is 6.88. The van der Waals surface area contributed by atoms with Gasteiger partial charge in [-0.2, -0.15) is 5.10 Å². The lowest BCUT2D eigenvalue weighted by atomic mass is 10.3. The summed E-state index contributed by atoms with van der Waals surface area (Å²) in [4.78, 5) is 13.0. The molecule has 0 unspecified atom stereocenters. The first-order valence-corrected chi connectivity index (χ1v) is 8.17. The molecule has 2 heterocycles. The van der Waals surface area contributed by atoms with Gasteiger partial charge in [-0.25, -0.2) is 4.39 Å². The summed E-state index contributed by atoms with van der Waals surface area (Å²) in [7, 11) is 0. The third kappa shape index (κ3) is 3.72. The number of aromatic nitrogens is 3. The van der Waals surface area contributed by atoms with Crippen LogP contribution < -0.4 is 5.32 Å². The number of hydrogen-bond acceptors (Lipinski definition) is 4. The topological polar surface area (TPSA) is 62.7 Å².